The van der Waals surface area contributed by atoms with E-state index in [0.29, 0.717) is 22.4 Å². The molecule has 0 spiro atoms. The van der Waals surface area contributed by atoms with Crippen LogP contribution in [0.4, 0.5) is 5.69 Å². The van der Waals surface area contributed by atoms with Gasteiger partial charge in [-0.1, -0.05) is 38.1 Å². The van der Waals surface area contributed by atoms with Gasteiger partial charge in [0.2, 0.25) is 0 Å². The molecule has 1 N–H and O–H groups in total. The molecule has 2 aromatic carbocycles. The summed E-state index contributed by atoms with van der Waals surface area (Å²) < 4.78 is 10.9. The second kappa shape index (κ2) is 8.39. The Balaban J connectivity index is 2.01. The molecule has 0 bridgehead atoms. The van der Waals surface area contributed by atoms with E-state index in [1.807, 2.05) is 12.1 Å². The summed E-state index contributed by atoms with van der Waals surface area (Å²) in [6, 6.07) is 15.8. The Morgan fingerprint density at radius 2 is 1.86 bits per heavy atom. The molecule has 0 saturated carbocycles. The van der Waals surface area contributed by atoms with Crippen molar-refractivity contribution < 1.29 is 23.6 Å². The highest BCUT2D eigenvalue weighted by atomic mass is 16.7. The van der Waals surface area contributed by atoms with Crippen LogP contribution in [0.15, 0.2) is 64.2 Å². The normalized spacial score (nSPS) is 11.5. The van der Waals surface area contributed by atoms with Crippen LogP contribution < -0.4 is 15.6 Å². The monoisotopic (exact) mass is 380 g/mol. The molecule has 7 heteroatoms. The van der Waals surface area contributed by atoms with Gasteiger partial charge < -0.3 is 19.3 Å². The SMILES string of the molecule is COc1cccc(NC(=O)c2cc3ccccc3oc2=NOC(=O)C(C)C)c1. The Morgan fingerprint density at radius 3 is 2.61 bits per heavy atom. The molecule has 0 unspecified atom stereocenters. The topological polar surface area (TPSA) is 90.1 Å². The largest absolute Gasteiger partial charge is 0.497 e. The molecule has 0 saturated heterocycles. The zero-order valence-electron chi connectivity index (χ0n) is 15.8. The van der Waals surface area contributed by atoms with Gasteiger partial charge in [0.15, 0.2) is 0 Å². The van der Waals surface area contributed by atoms with Crippen molar-refractivity contribution in [2.75, 3.05) is 12.4 Å². The number of nitrogens with one attached hydrogen (secondary N) is 1. The summed E-state index contributed by atoms with van der Waals surface area (Å²) in [5.41, 5.74) is 1.11. The van der Waals surface area contributed by atoms with Crippen LogP contribution in [0.25, 0.3) is 11.0 Å². The molecule has 3 aromatic rings. The Bertz CT molecular complexity index is 1090. The number of benzene rings is 2. The number of rotatable bonds is 5. The smallest absolute Gasteiger partial charge is 0.337 e. The van der Waals surface area contributed by atoms with Crippen LogP contribution in [0.1, 0.15) is 24.2 Å². The summed E-state index contributed by atoms with van der Waals surface area (Å²) >= 11 is 0. The van der Waals surface area contributed by atoms with Crippen LogP contribution in [0.2, 0.25) is 0 Å². The third-order valence-electron chi connectivity index (χ3n) is 3.92. The van der Waals surface area contributed by atoms with Gasteiger partial charge in [-0.3, -0.25) is 4.79 Å². The van der Waals surface area contributed by atoms with Gasteiger partial charge in [-0.05, 0) is 29.4 Å². The number of nitrogens with zero attached hydrogens (tertiary/aromatic N) is 1. The lowest BCUT2D eigenvalue weighted by molar-refractivity contribution is -0.148. The van der Waals surface area contributed by atoms with Crippen molar-refractivity contribution in [2.45, 2.75) is 13.8 Å². The van der Waals surface area contributed by atoms with E-state index in [4.69, 9.17) is 14.0 Å². The molecule has 3 rings (SSSR count). The lowest BCUT2D eigenvalue weighted by atomic mass is 10.1. The van der Waals surface area contributed by atoms with Crippen LogP contribution >= 0.6 is 0 Å². The van der Waals surface area contributed by atoms with Crippen LogP contribution in [-0.2, 0) is 9.63 Å². The van der Waals surface area contributed by atoms with E-state index in [0.717, 1.165) is 0 Å². The molecule has 0 aliphatic rings. The average Bonchev–Trinajstić information content (AvgIpc) is 2.71. The predicted octanol–water partition coefficient (Wildman–Crippen LogP) is 3.71. The molecular weight excluding hydrogens is 360 g/mol. The van der Waals surface area contributed by atoms with Crippen molar-refractivity contribution >= 4 is 28.5 Å². The number of amides is 1. The van der Waals surface area contributed by atoms with Crippen molar-refractivity contribution in [1.29, 1.82) is 0 Å². The summed E-state index contributed by atoms with van der Waals surface area (Å²) in [5.74, 6) is -0.736. The molecule has 1 aromatic heterocycles. The quantitative estimate of drug-likeness (QED) is 0.538. The predicted molar refractivity (Wildman–Crippen MR) is 104 cm³/mol. The standard InChI is InChI=1S/C21H20N2O5/c1-13(2)21(25)28-23-20-17(11-14-7-4-5-10-18(14)27-20)19(24)22-15-8-6-9-16(12-15)26-3/h4-13H,1-3H3,(H,22,24). The number of hydrogen-bond acceptors (Lipinski definition) is 6. The zero-order chi connectivity index (χ0) is 20.1. The van der Waals surface area contributed by atoms with E-state index >= 15 is 0 Å². The number of carbonyl (C=O) groups excluding carboxylic acids is 2. The van der Waals surface area contributed by atoms with Crippen LogP contribution in [0, 0.1) is 5.92 Å². The lowest BCUT2D eigenvalue weighted by Crippen LogP contribution is -2.23. The fourth-order valence-electron chi connectivity index (χ4n) is 2.39. The van der Waals surface area contributed by atoms with Gasteiger partial charge in [0.1, 0.15) is 16.9 Å². The minimum absolute atomic E-state index is 0.0897. The number of anilines is 1. The molecule has 28 heavy (non-hydrogen) atoms. The maximum Gasteiger partial charge on any atom is 0.337 e. The summed E-state index contributed by atoms with van der Waals surface area (Å²) in [5, 5.41) is 7.26. The van der Waals surface area contributed by atoms with Crippen molar-refractivity contribution in [2.24, 2.45) is 11.1 Å². The highest BCUT2D eigenvalue weighted by Crippen LogP contribution is 2.18. The molecule has 0 fully saturated rings. The highest BCUT2D eigenvalue weighted by Gasteiger charge is 2.15. The highest BCUT2D eigenvalue weighted by molar-refractivity contribution is 6.05. The summed E-state index contributed by atoms with van der Waals surface area (Å²) in [6.07, 6.45) is 0. The fraction of sp³-hybridized carbons (Fsp3) is 0.190. The van der Waals surface area contributed by atoms with Gasteiger partial charge in [0.25, 0.3) is 11.5 Å². The van der Waals surface area contributed by atoms with Gasteiger partial charge in [-0.2, -0.15) is 0 Å². The van der Waals surface area contributed by atoms with Gasteiger partial charge in [-0.25, -0.2) is 4.79 Å². The van der Waals surface area contributed by atoms with Gasteiger partial charge >= 0.3 is 5.97 Å². The minimum atomic E-state index is -0.525. The number of methoxy groups -OCH3 is 1. The minimum Gasteiger partial charge on any atom is -0.497 e. The first kappa shape index (κ1) is 19.2. The molecule has 0 aliphatic carbocycles. The average molecular weight is 380 g/mol. The molecule has 0 aliphatic heterocycles. The van der Waals surface area contributed by atoms with Gasteiger partial charge in [-0.15, -0.1) is 0 Å². The fourth-order valence-corrected chi connectivity index (χ4v) is 2.39. The molecule has 1 heterocycles. The summed E-state index contributed by atoms with van der Waals surface area (Å²) in [7, 11) is 1.54. The van der Waals surface area contributed by atoms with Crippen molar-refractivity contribution in [1.82, 2.24) is 0 Å². The van der Waals surface area contributed by atoms with Gasteiger partial charge in [0, 0.05) is 17.1 Å². The Morgan fingerprint density at radius 1 is 1.07 bits per heavy atom. The Labute approximate surface area is 161 Å². The molecular formula is C21H20N2O5. The van der Waals surface area contributed by atoms with E-state index in [1.165, 1.54) is 0 Å². The van der Waals surface area contributed by atoms with E-state index in [2.05, 4.69) is 10.5 Å². The molecule has 144 valence electrons. The summed E-state index contributed by atoms with van der Waals surface area (Å²) in [6.45, 7) is 3.37. The Hall–Kier alpha value is -3.61. The van der Waals surface area contributed by atoms with Crippen molar-refractivity contribution in [3.05, 3.63) is 65.7 Å². The molecule has 0 atom stereocenters. The second-order valence-corrected chi connectivity index (χ2v) is 6.35. The number of carbonyl (C=O) groups is 2. The van der Waals surface area contributed by atoms with Gasteiger partial charge in [0.05, 0.1) is 13.0 Å². The number of ether oxygens (including phenoxy) is 1. The van der Waals surface area contributed by atoms with Crippen LogP contribution in [0.5, 0.6) is 5.75 Å². The summed E-state index contributed by atoms with van der Waals surface area (Å²) in [4.78, 5) is 29.5. The van der Waals surface area contributed by atoms with E-state index in [1.54, 1.807) is 63.4 Å². The van der Waals surface area contributed by atoms with Crippen molar-refractivity contribution in [3.63, 3.8) is 0 Å². The first-order valence-electron chi connectivity index (χ1n) is 8.71. The second-order valence-electron chi connectivity index (χ2n) is 6.35. The van der Waals surface area contributed by atoms with Crippen LogP contribution in [0.3, 0.4) is 0 Å². The molecule has 0 radical (unpaired) electrons. The zero-order valence-corrected chi connectivity index (χ0v) is 15.8. The Kier molecular flexibility index (Phi) is 5.74. The van der Waals surface area contributed by atoms with E-state index in [-0.39, 0.29) is 17.0 Å². The third kappa shape index (κ3) is 4.37. The number of para-hydroxylation sites is 1. The first-order chi connectivity index (χ1) is 13.5. The lowest BCUT2D eigenvalue weighted by Gasteiger charge is -2.08. The number of fused-ring (bicyclic) bond motifs is 1. The van der Waals surface area contributed by atoms with E-state index in [9.17, 15) is 9.59 Å². The van der Waals surface area contributed by atoms with E-state index < -0.39 is 11.9 Å². The number of hydrogen-bond donors (Lipinski definition) is 1. The first-order valence-corrected chi connectivity index (χ1v) is 8.71. The maximum atomic E-state index is 12.8. The van der Waals surface area contributed by atoms with Crippen molar-refractivity contribution in [3.8, 4) is 5.75 Å². The molecule has 1 amide bonds. The third-order valence-corrected chi connectivity index (χ3v) is 3.92. The maximum absolute atomic E-state index is 12.8. The van der Waals surface area contributed by atoms with Crippen LogP contribution in [-0.4, -0.2) is 19.0 Å². The molecule has 7 nitrogen and oxygen atoms in total.